The van der Waals surface area contributed by atoms with Crippen molar-refractivity contribution in [1.82, 2.24) is 10.1 Å². The van der Waals surface area contributed by atoms with E-state index < -0.39 is 17.8 Å². The highest BCUT2D eigenvalue weighted by atomic mass is 19.4. The van der Waals surface area contributed by atoms with Crippen LogP contribution in [0.15, 0.2) is 40.9 Å². The maximum atomic E-state index is 13.1. The molecular formula is C24H25F3N2O5. The Hall–Kier alpha value is -3.56. The van der Waals surface area contributed by atoms with E-state index in [-0.39, 0.29) is 42.0 Å². The molecule has 1 N–H and O–H groups in total. The van der Waals surface area contributed by atoms with Crippen LogP contribution in [0, 0.1) is 0 Å². The van der Waals surface area contributed by atoms with E-state index in [2.05, 4.69) is 5.16 Å². The van der Waals surface area contributed by atoms with Crippen molar-refractivity contribution in [1.29, 1.82) is 0 Å². The van der Waals surface area contributed by atoms with Crippen LogP contribution in [0.1, 0.15) is 53.4 Å². The summed E-state index contributed by atoms with van der Waals surface area (Å²) in [6.45, 7) is 2.35. The van der Waals surface area contributed by atoms with Crippen molar-refractivity contribution in [3.8, 4) is 5.75 Å². The van der Waals surface area contributed by atoms with Gasteiger partial charge in [0.25, 0.3) is 0 Å². The van der Waals surface area contributed by atoms with Gasteiger partial charge >= 0.3 is 12.1 Å². The highest BCUT2D eigenvalue weighted by Gasteiger charge is 2.37. The van der Waals surface area contributed by atoms with Crippen molar-refractivity contribution in [2.45, 2.75) is 45.3 Å². The van der Waals surface area contributed by atoms with Gasteiger partial charge in [-0.1, -0.05) is 30.6 Å². The van der Waals surface area contributed by atoms with Crippen molar-refractivity contribution in [3.63, 3.8) is 0 Å². The summed E-state index contributed by atoms with van der Waals surface area (Å²) in [4.78, 5) is 25.0. The molecule has 0 spiro atoms. The Morgan fingerprint density at radius 3 is 2.65 bits per heavy atom. The molecule has 10 heteroatoms. The molecule has 1 amide bonds. The minimum Gasteiger partial charge on any atom is -0.493 e. The fraction of sp³-hybridized carbons (Fsp3) is 0.375. The Morgan fingerprint density at radius 1 is 1.21 bits per heavy atom. The second-order valence-corrected chi connectivity index (χ2v) is 7.91. The fourth-order valence-electron chi connectivity index (χ4n) is 3.63. The molecule has 3 rings (SSSR count). The second kappa shape index (κ2) is 10.6. The predicted octanol–water partition coefficient (Wildman–Crippen LogP) is 5.31. The zero-order valence-corrected chi connectivity index (χ0v) is 18.8. The Labute approximate surface area is 194 Å². The largest absolute Gasteiger partial charge is 0.493 e. The second-order valence-electron chi connectivity index (χ2n) is 7.91. The van der Waals surface area contributed by atoms with Gasteiger partial charge < -0.3 is 19.3 Å². The number of fused-ring (bicyclic) bond motifs is 1. The van der Waals surface area contributed by atoms with Gasteiger partial charge in [-0.25, -0.2) is 4.79 Å². The molecule has 0 radical (unpaired) electrons. The number of hydrogen-bond donors (Lipinski definition) is 1. The lowest BCUT2D eigenvalue weighted by Crippen LogP contribution is -2.26. The number of carbonyl (C=O) groups excluding carboxylic acids is 1. The van der Waals surface area contributed by atoms with Gasteiger partial charge in [0.1, 0.15) is 5.75 Å². The van der Waals surface area contributed by atoms with Gasteiger partial charge in [0.05, 0.1) is 17.6 Å². The molecular weight excluding hydrogens is 453 g/mol. The summed E-state index contributed by atoms with van der Waals surface area (Å²) in [5, 5.41) is 12.2. The quantitative estimate of drug-likeness (QED) is 0.397. The number of ether oxygens (including phenoxy) is 1. The normalized spacial score (nSPS) is 11.6. The topological polar surface area (TPSA) is 92.9 Å². The molecule has 0 saturated carbocycles. The maximum Gasteiger partial charge on any atom is 0.437 e. The van der Waals surface area contributed by atoms with Crippen molar-refractivity contribution < 1.29 is 37.1 Å². The monoisotopic (exact) mass is 478 g/mol. The molecule has 1 aromatic heterocycles. The number of halogens is 3. The fourth-order valence-corrected chi connectivity index (χ4v) is 3.63. The van der Waals surface area contributed by atoms with Gasteiger partial charge in [-0.2, -0.15) is 13.2 Å². The van der Waals surface area contributed by atoms with Crippen LogP contribution in [0.5, 0.6) is 5.75 Å². The van der Waals surface area contributed by atoms with Gasteiger partial charge in [-0.05, 0) is 42.7 Å². The van der Waals surface area contributed by atoms with Crippen LogP contribution in [-0.2, 0) is 23.9 Å². The standard InChI is InChI=1S/C24H25F3N2O5/c1-3-6-17-19(11-10-18-21(17)34-28-22(18)24(25,26)27)33-12-5-9-20(30)29(2)14-15-7-4-8-16(13-15)23(31)32/h4,7-8,10-11,13H,3,5-6,9,12,14H2,1-2H3,(H,31,32). The van der Waals surface area contributed by atoms with Gasteiger partial charge in [-0.3, -0.25) is 4.79 Å². The van der Waals surface area contributed by atoms with E-state index in [9.17, 15) is 22.8 Å². The number of rotatable bonds is 10. The third-order valence-electron chi connectivity index (χ3n) is 5.28. The highest BCUT2D eigenvalue weighted by Crippen LogP contribution is 2.38. The minimum atomic E-state index is -4.61. The minimum absolute atomic E-state index is 0.0612. The van der Waals surface area contributed by atoms with Crippen LogP contribution in [0.25, 0.3) is 11.0 Å². The summed E-state index contributed by atoms with van der Waals surface area (Å²) in [6, 6.07) is 9.14. The van der Waals surface area contributed by atoms with E-state index in [0.717, 1.165) is 0 Å². The zero-order valence-electron chi connectivity index (χ0n) is 18.8. The molecule has 182 valence electrons. The summed E-state index contributed by atoms with van der Waals surface area (Å²) >= 11 is 0. The third kappa shape index (κ3) is 5.86. The summed E-state index contributed by atoms with van der Waals surface area (Å²) in [7, 11) is 1.63. The van der Waals surface area contributed by atoms with Crippen molar-refractivity contribution in [2.75, 3.05) is 13.7 Å². The Bertz CT molecular complexity index is 1170. The Balaban J connectivity index is 1.59. The maximum absolute atomic E-state index is 13.1. The average molecular weight is 478 g/mol. The zero-order chi connectivity index (χ0) is 24.9. The molecule has 0 bridgehead atoms. The van der Waals surface area contributed by atoms with E-state index in [1.54, 1.807) is 19.2 Å². The number of hydrogen-bond acceptors (Lipinski definition) is 5. The summed E-state index contributed by atoms with van der Waals surface area (Å²) in [5.74, 6) is -0.766. The van der Waals surface area contributed by atoms with Crippen LogP contribution in [0.4, 0.5) is 13.2 Å². The number of carboxylic acid groups (broad SMARTS) is 1. The number of aromatic nitrogens is 1. The third-order valence-corrected chi connectivity index (χ3v) is 5.28. The van der Waals surface area contributed by atoms with Gasteiger partial charge in [0, 0.05) is 25.6 Å². The molecule has 1 heterocycles. The molecule has 2 aromatic carbocycles. The van der Waals surface area contributed by atoms with Crippen molar-refractivity contribution in [2.24, 2.45) is 0 Å². The molecule has 3 aromatic rings. The molecule has 0 aliphatic carbocycles. The van der Waals surface area contributed by atoms with E-state index in [0.29, 0.717) is 36.1 Å². The molecule has 0 fully saturated rings. The van der Waals surface area contributed by atoms with Crippen LogP contribution >= 0.6 is 0 Å². The number of aromatic carboxylic acids is 1. The van der Waals surface area contributed by atoms with Crippen molar-refractivity contribution in [3.05, 3.63) is 58.8 Å². The molecule has 0 atom stereocenters. The number of carboxylic acids is 1. The molecule has 0 unspecified atom stereocenters. The number of carbonyl (C=O) groups is 2. The van der Waals surface area contributed by atoms with E-state index >= 15 is 0 Å². The van der Waals surface area contributed by atoms with Gasteiger partial charge in [0.2, 0.25) is 5.91 Å². The number of aryl methyl sites for hydroxylation is 1. The van der Waals surface area contributed by atoms with E-state index in [4.69, 9.17) is 14.4 Å². The molecule has 0 saturated heterocycles. The first-order valence-electron chi connectivity index (χ1n) is 10.8. The Kier molecular flexibility index (Phi) is 7.80. The molecule has 0 aliphatic heterocycles. The highest BCUT2D eigenvalue weighted by molar-refractivity contribution is 5.87. The first-order chi connectivity index (χ1) is 16.1. The lowest BCUT2D eigenvalue weighted by atomic mass is 10.0. The first-order valence-corrected chi connectivity index (χ1v) is 10.8. The van der Waals surface area contributed by atoms with Crippen LogP contribution in [0.2, 0.25) is 0 Å². The van der Waals surface area contributed by atoms with Crippen LogP contribution < -0.4 is 4.74 Å². The predicted molar refractivity (Wildman–Crippen MR) is 118 cm³/mol. The summed E-state index contributed by atoms with van der Waals surface area (Å²) in [5.41, 5.74) is 0.375. The van der Waals surface area contributed by atoms with Gasteiger partial charge in [0.15, 0.2) is 11.3 Å². The van der Waals surface area contributed by atoms with Crippen LogP contribution in [-0.4, -0.2) is 40.7 Å². The average Bonchev–Trinajstić information content (AvgIpc) is 3.23. The Morgan fingerprint density at radius 2 is 1.97 bits per heavy atom. The number of alkyl halides is 3. The van der Waals surface area contributed by atoms with Crippen molar-refractivity contribution >= 4 is 22.8 Å². The van der Waals surface area contributed by atoms with Crippen LogP contribution in [0.3, 0.4) is 0 Å². The van der Waals surface area contributed by atoms with E-state index in [1.165, 1.54) is 29.2 Å². The lowest BCUT2D eigenvalue weighted by molar-refractivity contribution is -0.141. The number of amides is 1. The SMILES string of the molecule is CCCc1c(OCCCC(=O)N(C)Cc2cccc(C(=O)O)c2)ccc2c(C(F)(F)F)noc12. The first kappa shape index (κ1) is 25.1. The smallest absolute Gasteiger partial charge is 0.437 e. The molecule has 0 aliphatic rings. The lowest BCUT2D eigenvalue weighted by Gasteiger charge is -2.18. The summed E-state index contributed by atoms with van der Waals surface area (Å²) < 4.78 is 50.2. The molecule has 7 nitrogen and oxygen atoms in total. The number of benzene rings is 2. The van der Waals surface area contributed by atoms with Gasteiger partial charge in [-0.15, -0.1) is 0 Å². The molecule has 34 heavy (non-hydrogen) atoms. The summed E-state index contributed by atoms with van der Waals surface area (Å²) in [6.07, 6.45) is -2.90. The number of nitrogens with zero attached hydrogens (tertiary/aromatic N) is 2. The van der Waals surface area contributed by atoms with E-state index in [1.807, 2.05) is 6.92 Å².